The van der Waals surface area contributed by atoms with Gasteiger partial charge in [-0.2, -0.15) is 0 Å². The second kappa shape index (κ2) is 4.37. The van der Waals surface area contributed by atoms with Gasteiger partial charge < -0.3 is 4.90 Å². The molecule has 1 atom stereocenters. The van der Waals surface area contributed by atoms with E-state index in [9.17, 15) is 9.59 Å². The van der Waals surface area contributed by atoms with Crippen molar-refractivity contribution in [3.05, 3.63) is 34.3 Å². The summed E-state index contributed by atoms with van der Waals surface area (Å²) in [7, 11) is 1.69. The van der Waals surface area contributed by atoms with Gasteiger partial charge in [0.2, 0.25) is 5.91 Å². The molecule has 0 radical (unpaired) electrons. The van der Waals surface area contributed by atoms with E-state index in [0.717, 1.165) is 10.0 Å². The number of halogens is 1. The molecule has 2 rings (SSSR count). The number of carbonyl (C=O) groups is 2. The minimum absolute atomic E-state index is 0.0347. The van der Waals surface area contributed by atoms with Crippen molar-refractivity contribution in [3.8, 4) is 0 Å². The quantitative estimate of drug-likeness (QED) is 0.792. The Labute approximate surface area is 103 Å². The van der Waals surface area contributed by atoms with Crippen LogP contribution in [0.2, 0.25) is 0 Å². The smallest absolute Gasteiger partial charge is 0.223 e. The van der Waals surface area contributed by atoms with Gasteiger partial charge in [0.05, 0.1) is 0 Å². The summed E-state index contributed by atoms with van der Waals surface area (Å²) in [5.74, 6) is 0.150. The third kappa shape index (κ3) is 2.02. The second-order valence-corrected chi connectivity index (χ2v) is 4.84. The van der Waals surface area contributed by atoms with Crippen LogP contribution in [-0.4, -0.2) is 23.6 Å². The number of rotatable bonds is 1. The molecule has 0 saturated carbocycles. The first-order valence-corrected chi connectivity index (χ1v) is 5.93. The number of Topliss-reactive ketones (excluding diaryl/α,β-unsaturated/α-hetero) is 1. The van der Waals surface area contributed by atoms with Crippen LogP contribution in [0.1, 0.15) is 24.4 Å². The molecule has 0 N–H and O–H groups in total. The number of hydrogen-bond acceptors (Lipinski definition) is 2. The Morgan fingerprint density at radius 1 is 1.19 bits per heavy atom. The Hall–Kier alpha value is -1.16. The molecule has 1 unspecified atom stereocenters. The molecule has 1 aliphatic heterocycles. The van der Waals surface area contributed by atoms with Gasteiger partial charge in [0.25, 0.3) is 0 Å². The fraction of sp³-hybridized carbons (Fsp3) is 0.333. The molecule has 1 saturated heterocycles. The average Bonchev–Trinajstić information content (AvgIpc) is 2.27. The fourth-order valence-electron chi connectivity index (χ4n) is 1.96. The standard InChI is InChI=1S/C12H12BrNO2/c1-14-11(16)7-6-10(15)12(14)8-2-4-9(13)5-3-8/h2-5,12H,6-7H2,1H3. The largest absolute Gasteiger partial charge is 0.332 e. The minimum Gasteiger partial charge on any atom is -0.332 e. The van der Waals surface area contributed by atoms with Crippen molar-refractivity contribution >= 4 is 27.6 Å². The van der Waals surface area contributed by atoms with Crippen molar-refractivity contribution in [1.29, 1.82) is 0 Å². The molecule has 3 nitrogen and oxygen atoms in total. The molecule has 0 spiro atoms. The Morgan fingerprint density at radius 2 is 1.81 bits per heavy atom. The highest BCUT2D eigenvalue weighted by Gasteiger charge is 2.32. The Morgan fingerprint density at radius 3 is 2.44 bits per heavy atom. The monoisotopic (exact) mass is 281 g/mol. The molecule has 4 heteroatoms. The molecule has 1 aliphatic rings. The maximum Gasteiger partial charge on any atom is 0.223 e. The zero-order valence-electron chi connectivity index (χ0n) is 8.94. The van der Waals surface area contributed by atoms with Gasteiger partial charge in [0.15, 0.2) is 5.78 Å². The molecule has 1 amide bonds. The molecule has 0 bridgehead atoms. The van der Waals surface area contributed by atoms with E-state index in [2.05, 4.69) is 15.9 Å². The first-order chi connectivity index (χ1) is 7.59. The van der Waals surface area contributed by atoms with E-state index in [1.807, 2.05) is 24.3 Å². The van der Waals surface area contributed by atoms with Gasteiger partial charge in [-0.25, -0.2) is 0 Å². The summed E-state index contributed by atoms with van der Waals surface area (Å²) < 4.78 is 0.966. The second-order valence-electron chi connectivity index (χ2n) is 3.93. The molecular weight excluding hydrogens is 270 g/mol. The summed E-state index contributed by atoms with van der Waals surface area (Å²) in [4.78, 5) is 24.9. The van der Waals surface area contributed by atoms with Gasteiger partial charge in [-0.1, -0.05) is 28.1 Å². The topological polar surface area (TPSA) is 37.4 Å². The molecule has 0 aromatic heterocycles. The molecule has 84 valence electrons. The number of hydrogen-bond donors (Lipinski definition) is 0. The molecule has 1 aromatic rings. The molecule has 1 heterocycles. The van der Waals surface area contributed by atoms with Crippen LogP contribution in [0, 0.1) is 0 Å². The van der Waals surface area contributed by atoms with Gasteiger partial charge in [-0.15, -0.1) is 0 Å². The van der Waals surface area contributed by atoms with Crippen molar-refractivity contribution in [3.63, 3.8) is 0 Å². The van der Waals surface area contributed by atoms with Gasteiger partial charge >= 0.3 is 0 Å². The summed E-state index contributed by atoms with van der Waals surface area (Å²) in [5, 5.41) is 0. The molecule has 1 fully saturated rings. The van der Waals surface area contributed by atoms with Crippen molar-refractivity contribution in [2.75, 3.05) is 7.05 Å². The van der Waals surface area contributed by atoms with E-state index in [0.29, 0.717) is 12.8 Å². The average molecular weight is 282 g/mol. The van der Waals surface area contributed by atoms with Crippen LogP contribution in [-0.2, 0) is 9.59 Å². The minimum atomic E-state index is -0.408. The number of likely N-dealkylation sites (tertiary alicyclic amines) is 1. The molecule has 16 heavy (non-hydrogen) atoms. The fourth-order valence-corrected chi connectivity index (χ4v) is 2.22. The maximum absolute atomic E-state index is 11.8. The molecular formula is C12H12BrNO2. The lowest BCUT2D eigenvalue weighted by Crippen LogP contribution is -2.40. The van der Waals surface area contributed by atoms with Crippen molar-refractivity contribution < 1.29 is 9.59 Å². The number of ketones is 1. The highest BCUT2D eigenvalue weighted by molar-refractivity contribution is 9.10. The van der Waals surface area contributed by atoms with Crippen molar-refractivity contribution in [2.24, 2.45) is 0 Å². The highest BCUT2D eigenvalue weighted by Crippen LogP contribution is 2.28. The lowest BCUT2D eigenvalue weighted by Gasteiger charge is -2.31. The van der Waals surface area contributed by atoms with Crippen LogP contribution in [0.15, 0.2) is 28.7 Å². The van der Waals surface area contributed by atoms with Crippen LogP contribution in [0.4, 0.5) is 0 Å². The van der Waals surface area contributed by atoms with E-state index in [1.165, 1.54) is 4.90 Å². The number of benzene rings is 1. The lowest BCUT2D eigenvalue weighted by molar-refractivity contribution is -0.143. The van der Waals surface area contributed by atoms with Crippen LogP contribution < -0.4 is 0 Å². The maximum atomic E-state index is 11.8. The zero-order valence-corrected chi connectivity index (χ0v) is 10.5. The summed E-state index contributed by atoms with van der Waals surface area (Å²) >= 11 is 3.35. The summed E-state index contributed by atoms with van der Waals surface area (Å²) in [6.45, 7) is 0. The lowest BCUT2D eigenvalue weighted by atomic mass is 9.94. The number of nitrogens with zero attached hydrogens (tertiary/aromatic N) is 1. The van der Waals surface area contributed by atoms with Gasteiger partial charge in [0.1, 0.15) is 6.04 Å². The summed E-state index contributed by atoms with van der Waals surface area (Å²) in [6.07, 6.45) is 0.687. The molecule has 1 aromatic carbocycles. The van der Waals surface area contributed by atoms with Gasteiger partial charge in [0, 0.05) is 24.4 Å². The predicted molar refractivity (Wildman–Crippen MR) is 63.9 cm³/mol. The van der Waals surface area contributed by atoms with Crippen molar-refractivity contribution in [1.82, 2.24) is 4.90 Å². The van der Waals surface area contributed by atoms with Crippen LogP contribution in [0.5, 0.6) is 0 Å². The van der Waals surface area contributed by atoms with E-state index in [-0.39, 0.29) is 11.7 Å². The Balaban J connectivity index is 2.33. The van der Waals surface area contributed by atoms with Gasteiger partial charge in [-0.3, -0.25) is 9.59 Å². The zero-order chi connectivity index (χ0) is 11.7. The van der Waals surface area contributed by atoms with Crippen LogP contribution in [0.25, 0.3) is 0 Å². The highest BCUT2D eigenvalue weighted by atomic mass is 79.9. The van der Waals surface area contributed by atoms with Crippen LogP contribution in [0.3, 0.4) is 0 Å². The number of amides is 1. The predicted octanol–water partition coefficient (Wildman–Crippen LogP) is 2.31. The third-order valence-electron chi connectivity index (χ3n) is 2.86. The number of piperidine rings is 1. The van der Waals surface area contributed by atoms with Gasteiger partial charge in [-0.05, 0) is 17.7 Å². The van der Waals surface area contributed by atoms with E-state index in [4.69, 9.17) is 0 Å². The van der Waals surface area contributed by atoms with Crippen molar-refractivity contribution in [2.45, 2.75) is 18.9 Å². The number of carbonyl (C=O) groups excluding carboxylic acids is 2. The van der Waals surface area contributed by atoms with E-state index in [1.54, 1.807) is 7.05 Å². The van der Waals surface area contributed by atoms with Crippen LogP contribution >= 0.6 is 15.9 Å². The summed E-state index contributed by atoms with van der Waals surface area (Å²) in [5.41, 5.74) is 0.878. The normalized spacial score (nSPS) is 21.4. The third-order valence-corrected chi connectivity index (χ3v) is 3.39. The Kier molecular flexibility index (Phi) is 3.10. The Bertz CT molecular complexity index is 427. The first-order valence-electron chi connectivity index (χ1n) is 5.13. The SMILES string of the molecule is CN1C(=O)CCC(=O)C1c1ccc(Br)cc1. The summed E-state index contributed by atoms with van der Waals surface area (Å²) in [6, 6.07) is 7.11. The van der Waals surface area contributed by atoms with E-state index >= 15 is 0 Å². The molecule has 0 aliphatic carbocycles. The number of likely N-dealkylation sites (N-methyl/N-ethyl adjacent to an activating group) is 1. The van der Waals surface area contributed by atoms with E-state index < -0.39 is 6.04 Å². The first kappa shape index (κ1) is 11.3.